The minimum Gasteiger partial charge on any atom is -0.338 e. The molecule has 0 aromatic heterocycles. The standard InChI is InChI=1S/C15H23N3O/c16-14(12-6-2-1-3-7-12)10-11-17-15(19)18-13-8-4-5-9-13/h1-3,6-7,13-14H,4-5,8-11,16H2,(H2,17,18,19). The highest BCUT2D eigenvalue weighted by molar-refractivity contribution is 5.74. The van der Waals surface area contributed by atoms with E-state index in [4.69, 9.17) is 5.73 Å². The molecule has 104 valence electrons. The fraction of sp³-hybridized carbons (Fsp3) is 0.533. The van der Waals surface area contributed by atoms with Crippen molar-refractivity contribution in [1.29, 1.82) is 0 Å². The zero-order valence-electron chi connectivity index (χ0n) is 11.3. The van der Waals surface area contributed by atoms with Crippen molar-refractivity contribution in [2.75, 3.05) is 6.54 Å². The molecule has 1 aliphatic carbocycles. The maximum Gasteiger partial charge on any atom is 0.315 e. The normalized spacial score (nSPS) is 17.1. The molecule has 0 aliphatic heterocycles. The Morgan fingerprint density at radius 1 is 1.26 bits per heavy atom. The zero-order chi connectivity index (χ0) is 13.5. The van der Waals surface area contributed by atoms with E-state index >= 15 is 0 Å². The minimum absolute atomic E-state index is 0.0204. The van der Waals surface area contributed by atoms with E-state index in [-0.39, 0.29) is 12.1 Å². The van der Waals surface area contributed by atoms with Gasteiger partial charge in [0.15, 0.2) is 0 Å². The molecule has 19 heavy (non-hydrogen) atoms. The molecule has 1 atom stereocenters. The predicted octanol–water partition coefficient (Wildman–Crippen LogP) is 2.32. The van der Waals surface area contributed by atoms with E-state index in [9.17, 15) is 4.79 Å². The van der Waals surface area contributed by atoms with Crippen molar-refractivity contribution < 1.29 is 4.79 Å². The second kappa shape index (κ2) is 7.14. The summed E-state index contributed by atoms with van der Waals surface area (Å²) in [7, 11) is 0. The monoisotopic (exact) mass is 261 g/mol. The number of carbonyl (C=O) groups is 1. The third-order valence-electron chi connectivity index (χ3n) is 3.66. The Labute approximate surface area is 114 Å². The van der Waals surface area contributed by atoms with E-state index in [0.717, 1.165) is 24.8 Å². The molecule has 0 bridgehead atoms. The third-order valence-corrected chi connectivity index (χ3v) is 3.66. The Kier molecular flexibility index (Phi) is 5.21. The van der Waals surface area contributed by atoms with E-state index in [0.29, 0.717) is 12.6 Å². The van der Waals surface area contributed by atoms with Crippen LogP contribution in [0, 0.1) is 0 Å². The van der Waals surface area contributed by atoms with Gasteiger partial charge in [-0.15, -0.1) is 0 Å². The van der Waals surface area contributed by atoms with E-state index in [1.54, 1.807) is 0 Å². The van der Waals surface area contributed by atoms with Crippen LogP contribution < -0.4 is 16.4 Å². The van der Waals surface area contributed by atoms with Gasteiger partial charge in [0, 0.05) is 18.6 Å². The molecule has 4 N–H and O–H groups in total. The molecule has 0 heterocycles. The molecule has 0 spiro atoms. The van der Waals surface area contributed by atoms with Crippen LogP contribution >= 0.6 is 0 Å². The number of hydrogen-bond donors (Lipinski definition) is 3. The minimum atomic E-state index is -0.0628. The van der Waals surface area contributed by atoms with Crippen LogP contribution in [0.5, 0.6) is 0 Å². The van der Waals surface area contributed by atoms with Gasteiger partial charge in [0.1, 0.15) is 0 Å². The fourth-order valence-electron chi connectivity index (χ4n) is 2.51. The number of amides is 2. The first-order chi connectivity index (χ1) is 9.25. The lowest BCUT2D eigenvalue weighted by atomic mass is 10.1. The summed E-state index contributed by atoms with van der Waals surface area (Å²) in [6.07, 6.45) is 5.42. The molecular weight excluding hydrogens is 238 g/mol. The van der Waals surface area contributed by atoms with Gasteiger partial charge in [0.05, 0.1) is 0 Å². The first kappa shape index (κ1) is 13.9. The third kappa shape index (κ3) is 4.56. The number of nitrogens with one attached hydrogen (secondary N) is 2. The Morgan fingerprint density at radius 3 is 2.63 bits per heavy atom. The first-order valence-electron chi connectivity index (χ1n) is 7.10. The number of urea groups is 1. The molecule has 1 aliphatic rings. The van der Waals surface area contributed by atoms with Crippen LogP contribution in [0.4, 0.5) is 4.79 Å². The SMILES string of the molecule is NC(CCNC(=O)NC1CCCC1)c1ccccc1. The molecule has 2 rings (SSSR count). The summed E-state index contributed by atoms with van der Waals surface area (Å²) in [5.74, 6) is 0. The average Bonchev–Trinajstić information content (AvgIpc) is 2.92. The molecule has 4 heteroatoms. The number of nitrogens with two attached hydrogens (primary N) is 1. The zero-order valence-corrected chi connectivity index (χ0v) is 11.3. The maximum atomic E-state index is 11.7. The summed E-state index contributed by atoms with van der Waals surface area (Å²) in [6.45, 7) is 0.606. The largest absolute Gasteiger partial charge is 0.338 e. The summed E-state index contributed by atoms with van der Waals surface area (Å²) in [5.41, 5.74) is 7.18. The van der Waals surface area contributed by atoms with Crippen LogP contribution in [0.1, 0.15) is 43.7 Å². The Balaban J connectivity index is 1.64. The van der Waals surface area contributed by atoms with Gasteiger partial charge in [0.25, 0.3) is 0 Å². The molecule has 2 amide bonds. The highest BCUT2D eigenvalue weighted by Gasteiger charge is 2.16. The molecule has 0 saturated heterocycles. The first-order valence-corrected chi connectivity index (χ1v) is 7.10. The smallest absolute Gasteiger partial charge is 0.315 e. The van der Waals surface area contributed by atoms with Gasteiger partial charge < -0.3 is 16.4 Å². The molecule has 1 unspecified atom stereocenters. The predicted molar refractivity (Wildman–Crippen MR) is 76.8 cm³/mol. The van der Waals surface area contributed by atoms with Crippen LogP contribution in [0.3, 0.4) is 0 Å². The van der Waals surface area contributed by atoms with Crippen molar-refractivity contribution in [2.45, 2.75) is 44.2 Å². The van der Waals surface area contributed by atoms with E-state index in [1.165, 1.54) is 12.8 Å². The van der Waals surface area contributed by atoms with Gasteiger partial charge in [-0.05, 0) is 24.8 Å². The average molecular weight is 261 g/mol. The molecule has 0 radical (unpaired) electrons. The van der Waals surface area contributed by atoms with Gasteiger partial charge >= 0.3 is 6.03 Å². The van der Waals surface area contributed by atoms with Gasteiger partial charge in [-0.25, -0.2) is 4.79 Å². The fourth-order valence-corrected chi connectivity index (χ4v) is 2.51. The van der Waals surface area contributed by atoms with Crippen molar-refractivity contribution in [3.05, 3.63) is 35.9 Å². The van der Waals surface area contributed by atoms with E-state index < -0.39 is 0 Å². The molecule has 1 fully saturated rings. The molecule has 1 aromatic rings. The lowest BCUT2D eigenvalue weighted by molar-refractivity contribution is 0.236. The number of benzene rings is 1. The van der Waals surface area contributed by atoms with Crippen LogP contribution in [0.2, 0.25) is 0 Å². The number of hydrogen-bond acceptors (Lipinski definition) is 2. The lowest BCUT2D eigenvalue weighted by Crippen LogP contribution is -2.41. The quantitative estimate of drug-likeness (QED) is 0.761. The van der Waals surface area contributed by atoms with Crippen LogP contribution in [-0.4, -0.2) is 18.6 Å². The summed E-state index contributed by atoms with van der Waals surface area (Å²) >= 11 is 0. The molecular formula is C15H23N3O. The Morgan fingerprint density at radius 2 is 1.95 bits per heavy atom. The van der Waals surface area contributed by atoms with Crippen molar-refractivity contribution in [3.63, 3.8) is 0 Å². The summed E-state index contributed by atoms with van der Waals surface area (Å²) < 4.78 is 0. The second-order valence-corrected chi connectivity index (χ2v) is 5.19. The highest BCUT2D eigenvalue weighted by Crippen LogP contribution is 2.17. The maximum absolute atomic E-state index is 11.7. The van der Waals surface area contributed by atoms with Gasteiger partial charge in [-0.1, -0.05) is 43.2 Å². The Hall–Kier alpha value is -1.55. The second-order valence-electron chi connectivity index (χ2n) is 5.19. The van der Waals surface area contributed by atoms with Gasteiger partial charge in [-0.2, -0.15) is 0 Å². The van der Waals surface area contributed by atoms with Crippen molar-refractivity contribution in [3.8, 4) is 0 Å². The number of carbonyl (C=O) groups excluding carboxylic acids is 1. The highest BCUT2D eigenvalue weighted by atomic mass is 16.2. The summed E-state index contributed by atoms with van der Waals surface area (Å²) in [4.78, 5) is 11.7. The number of rotatable bonds is 5. The van der Waals surface area contributed by atoms with Crippen LogP contribution in [0.25, 0.3) is 0 Å². The van der Waals surface area contributed by atoms with Gasteiger partial charge in [-0.3, -0.25) is 0 Å². The topological polar surface area (TPSA) is 67.1 Å². The Bertz CT molecular complexity index is 388. The van der Waals surface area contributed by atoms with E-state index in [2.05, 4.69) is 10.6 Å². The van der Waals surface area contributed by atoms with Crippen LogP contribution in [-0.2, 0) is 0 Å². The molecule has 1 saturated carbocycles. The van der Waals surface area contributed by atoms with Crippen molar-refractivity contribution in [1.82, 2.24) is 10.6 Å². The van der Waals surface area contributed by atoms with Crippen molar-refractivity contribution >= 4 is 6.03 Å². The van der Waals surface area contributed by atoms with Crippen LogP contribution in [0.15, 0.2) is 30.3 Å². The molecule has 1 aromatic carbocycles. The van der Waals surface area contributed by atoms with Gasteiger partial charge in [0.2, 0.25) is 0 Å². The summed E-state index contributed by atoms with van der Waals surface area (Å²) in [6, 6.07) is 10.3. The van der Waals surface area contributed by atoms with Crippen molar-refractivity contribution in [2.24, 2.45) is 5.73 Å². The summed E-state index contributed by atoms with van der Waals surface area (Å²) in [5, 5.41) is 5.88. The lowest BCUT2D eigenvalue weighted by Gasteiger charge is -2.15. The van der Waals surface area contributed by atoms with E-state index in [1.807, 2.05) is 30.3 Å². The molecule has 4 nitrogen and oxygen atoms in total.